The van der Waals surface area contributed by atoms with Gasteiger partial charge in [-0.1, -0.05) is 15.9 Å². The Morgan fingerprint density at radius 1 is 0.771 bits per heavy atom. The molecule has 0 saturated carbocycles. The zero-order valence-electron chi connectivity index (χ0n) is 27.5. The van der Waals surface area contributed by atoms with Crippen LogP contribution in [-0.2, 0) is 10.0 Å². The summed E-state index contributed by atoms with van der Waals surface area (Å²) in [6.45, 7) is 3.08. The summed E-state index contributed by atoms with van der Waals surface area (Å²) >= 11 is 3.35. The first-order valence-corrected chi connectivity index (χ1v) is 17.5. The van der Waals surface area contributed by atoms with Gasteiger partial charge in [0, 0.05) is 48.3 Å². The summed E-state index contributed by atoms with van der Waals surface area (Å²) in [6.07, 6.45) is 1.42. The number of hydrogen-bond donors (Lipinski definition) is 0. The van der Waals surface area contributed by atoms with E-state index in [1.165, 1.54) is 39.9 Å². The van der Waals surface area contributed by atoms with Crippen LogP contribution < -0.4 is 33.8 Å². The first-order valence-electron chi connectivity index (χ1n) is 15.3. The Morgan fingerprint density at radius 3 is 2.00 bits per heavy atom. The van der Waals surface area contributed by atoms with Crippen LogP contribution in [0, 0.1) is 0 Å². The Kier molecular flexibility index (Phi) is 11.4. The number of methoxy groups -OCH3 is 5. The molecule has 5 rings (SSSR count). The van der Waals surface area contributed by atoms with Crippen LogP contribution in [0.5, 0.6) is 34.5 Å². The molecule has 0 N–H and O–H groups in total. The molecule has 12 nitrogen and oxygen atoms in total. The third-order valence-electron chi connectivity index (χ3n) is 8.17. The SMILES string of the molecule is COc1cc(OC)c2c(=O)c(OCCCCN3CCN(S(=O)(=O)c4ccc(Br)cc4)CC3)c(-c3cc(OC)c(OC)c(OC)c3)oc2c1. The van der Waals surface area contributed by atoms with Crippen LogP contribution in [0.15, 0.2) is 67.1 Å². The third kappa shape index (κ3) is 7.36. The number of sulfonamides is 1. The van der Waals surface area contributed by atoms with Crippen LogP contribution in [-0.4, -0.2) is 92.5 Å². The lowest BCUT2D eigenvalue weighted by atomic mass is 10.1. The molecular weight excluding hydrogens is 708 g/mol. The van der Waals surface area contributed by atoms with Crippen LogP contribution >= 0.6 is 15.9 Å². The number of fused-ring (bicyclic) bond motifs is 1. The van der Waals surface area contributed by atoms with Crippen LogP contribution in [0.3, 0.4) is 0 Å². The molecule has 3 aromatic carbocycles. The molecule has 1 aliphatic heterocycles. The number of halogens is 1. The predicted octanol–water partition coefficient (Wildman–Crippen LogP) is 5.43. The Bertz CT molecular complexity index is 1880. The van der Waals surface area contributed by atoms with Gasteiger partial charge < -0.3 is 37.7 Å². The van der Waals surface area contributed by atoms with Crippen molar-refractivity contribution in [1.82, 2.24) is 9.21 Å². The van der Waals surface area contributed by atoms with Crippen molar-refractivity contribution in [1.29, 1.82) is 0 Å². The van der Waals surface area contributed by atoms with Gasteiger partial charge in [-0.15, -0.1) is 0 Å². The second kappa shape index (κ2) is 15.5. The van der Waals surface area contributed by atoms with Crippen LogP contribution in [0.4, 0.5) is 0 Å². The van der Waals surface area contributed by atoms with Gasteiger partial charge in [-0.3, -0.25) is 4.79 Å². The van der Waals surface area contributed by atoms with Crippen molar-refractivity contribution in [2.24, 2.45) is 0 Å². The number of hydrogen-bond acceptors (Lipinski definition) is 11. The summed E-state index contributed by atoms with van der Waals surface area (Å²) in [6, 6.07) is 13.3. The summed E-state index contributed by atoms with van der Waals surface area (Å²) < 4.78 is 68.5. The van der Waals surface area contributed by atoms with Crippen molar-refractivity contribution in [2.75, 3.05) is 74.9 Å². The second-order valence-corrected chi connectivity index (χ2v) is 13.8. The van der Waals surface area contributed by atoms with Crippen LogP contribution in [0.25, 0.3) is 22.3 Å². The number of rotatable bonds is 14. The minimum Gasteiger partial charge on any atom is -0.496 e. The highest BCUT2D eigenvalue weighted by atomic mass is 79.9. The summed E-state index contributed by atoms with van der Waals surface area (Å²) in [4.78, 5) is 16.5. The lowest BCUT2D eigenvalue weighted by Gasteiger charge is -2.34. The van der Waals surface area contributed by atoms with Crippen molar-refractivity contribution in [3.63, 3.8) is 0 Å². The number of piperazine rings is 1. The lowest BCUT2D eigenvalue weighted by molar-refractivity contribution is 0.181. The van der Waals surface area contributed by atoms with E-state index in [1.54, 1.807) is 48.5 Å². The van der Waals surface area contributed by atoms with E-state index in [1.807, 2.05) is 0 Å². The predicted molar refractivity (Wildman–Crippen MR) is 185 cm³/mol. The quantitative estimate of drug-likeness (QED) is 0.153. The average Bonchev–Trinajstić information content (AvgIpc) is 3.11. The smallest absolute Gasteiger partial charge is 0.243 e. The van der Waals surface area contributed by atoms with Crippen molar-refractivity contribution in [2.45, 2.75) is 17.7 Å². The number of unbranched alkanes of at least 4 members (excludes halogenated alkanes) is 1. The van der Waals surface area contributed by atoms with E-state index >= 15 is 0 Å². The molecule has 1 fully saturated rings. The molecule has 1 aromatic heterocycles. The van der Waals surface area contributed by atoms with Crippen molar-refractivity contribution < 1.29 is 41.3 Å². The Morgan fingerprint density at radius 2 is 1.42 bits per heavy atom. The monoisotopic (exact) mass is 746 g/mol. The average molecular weight is 748 g/mol. The van der Waals surface area contributed by atoms with E-state index in [2.05, 4.69) is 20.8 Å². The summed E-state index contributed by atoms with van der Waals surface area (Å²) in [5.74, 6) is 2.11. The molecule has 0 atom stereocenters. The third-order valence-corrected chi connectivity index (χ3v) is 10.6. The van der Waals surface area contributed by atoms with E-state index in [4.69, 9.17) is 32.8 Å². The van der Waals surface area contributed by atoms with Crippen LogP contribution in [0.1, 0.15) is 12.8 Å². The minimum atomic E-state index is -3.54. The maximum atomic E-state index is 14.0. The van der Waals surface area contributed by atoms with Gasteiger partial charge in [0.25, 0.3) is 0 Å². The van der Waals surface area contributed by atoms with Crippen molar-refractivity contribution >= 4 is 36.9 Å². The first kappa shape index (κ1) is 35.3. The number of ether oxygens (including phenoxy) is 6. The van der Waals surface area contributed by atoms with Gasteiger partial charge in [0.2, 0.25) is 27.0 Å². The molecule has 14 heteroatoms. The molecule has 2 heterocycles. The topological polar surface area (TPSA) is 126 Å². The minimum absolute atomic E-state index is 0.0204. The molecule has 0 amide bonds. The Balaban J connectivity index is 1.32. The van der Waals surface area contributed by atoms with E-state index in [-0.39, 0.29) is 34.0 Å². The zero-order chi connectivity index (χ0) is 34.4. The van der Waals surface area contributed by atoms with Gasteiger partial charge in [0.05, 0.1) is 47.1 Å². The van der Waals surface area contributed by atoms with Crippen molar-refractivity contribution in [3.05, 3.63) is 63.2 Å². The Labute approximate surface area is 288 Å². The molecule has 0 aliphatic carbocycles. The summed E-state index contributed by atoms with van der Waals surface area (Å²) in [7, 11) is 3.96. The molecule has 0 spiro atoms. The first-order chi connectivity index (χ1) is 23.1. The molecule has 0 bridgehead atoms. The van der Waals surface area contributed by atoms with E-state index < -0.39 is 15.5 Å². The molecule has 48 heavy (non-hydrogen) atoms. The fourth-order valence-corrected chi connectivity index (χ4v) is 7.30. The largest absolute Gasteiger partial charge is 0.496 e. The second-order valence-electron chi connectivity index (χ2n) is 11.0. The van der Waals surface area contributed by atoms with Gasteiger partial charge >= 0.3 is 0 Å². The van der Waals surface area contributed by atoms with E-state index in [0.717, 1.165) is 17.4 Å². The highest BCUT2D eigenvalue weighted by Gasteiger charge is 2.28. The highest BCUT2D eigenvalue weighted by Crippen LogP contribution is 2.44. The standard InChI is InChI=1S/C34H39BrN2O10S/c1-41-24-20-26(42-2)30-27(21-24)47-32(22-18-28(43-3)33(45-5)29(19-22)44-4)34(31(30)38)46-17-7-6-12-36-13-15-37(16-14-36)48(39,40)25-10-8-23(35)9-11-25/h8-11,18-21H,6-7,12-17H2,1-5H3. The van der Waals surface area contributed by atoms with Gasteiger partial charge in [-0.25, -0.2) is 8.42 Å². The lowest BCUT2D eigenvalue weighted by Crippen LogP contribution is -2.48. The molecule has 0 radical (unpaired) electrons. The molecule has 4 aromatic rings. The summed E-state index contributed by atoms with van der Waals surface area (Å²) in [5, 5.41) is 0.223. The van der Waals surface area contributed by atoms with Crippen LogP contribution in [0.2, 0.25) is 0 Å². The Hall–Kier alpha value is -3.98. The van der Waals surface area contributed by atoms with E-state index in [9.17, 15) is 13.2 Å². The molecule has 258 valence electrons. The fraction of sp³-hybridized carbons (Fsp3) is 0.382. The summed E-state index contributed by atoms with van der Waals surface area (Å²) in [5.41, 5.74) is 0.340. The van der Waals surface area contributed by atoms with Gasteiger partial charge in [0.1, 0.15) is 22.5 Å². The van der Waals surface area contributed by atoms with Gasteiger partial charge in [-0.2, -0.15) is 4.31 Å². The number of nitrogens with zero attached hydrogens (tertiary/aromatic N) is 2. The fourth-order valence-electron chi connectivity index (χ4n) is 5.62. The van der Waals surface area contributed by atoms with Gasteiger partial charge in [-0.05, 0) is 55.8 Å². The zero-order valence-corrected chi connectivity index (χ0v) is 29.9. The highest BCUT2D eigenvalue weighted by molar-refractivity contribution is 9.10. The molecule has 0 unspecified atom stereocenters. The molecule has 1 aliphatic rings. The number of benzene rings is 3. The molecular formula is C34H39BrN2O10S. The maximum Gasteiger partial charge on any atom is 0.243 e. The van der Waals surface area contributed by atoms with E-state index in [0.29, 0.717) is 66.9 Å². The maximum absolute atomic E-state index is 14.0. The normalized spacial score (nSPS) is 14.1. The molecule has 1 saturated heterocycles. The van der Waals surface area contributed by atoms with Gasteiger partial charge in [0.15, 0.2) is 17.3 Å². The van der Waals surface area contributed by atoms with Crippen molar-refractivity contribution in [3.8, 4) is 45.8 Å².